The normalized spacial score (nSPS) is 10.1. The zero-order chi connectivity index (χ0) is 11.5. The minimum absolute atomic E-state index is 0.316. The Bertz CT molecular complexity index is 498. The van der Waals surface area contributed by atoms with Crippen molar-refractivity contribution in [3.8, 4) is 11.3 Å². The van der Waals surface area contributed by atoms with E-state index in [1.807, 2.05) is 31.2 Å². The smallest absolute Gasteiger partial charge is 0.338 e. The fourth-order valence-electron chi connectivity index (χ4n) is 1.60. The van der Waals surface area contributed by atoms with Gasteiger partial charge < -0.3 is 9.15 Å². The van der Waals surface area contributed by atoms with E-state index in [4.69, 9.17) is 4.42 Å². The molecule has 0 unspecified atom stereocenters. The number of hydrogen-bond acceptors (Lipinski definition) is 3. The van der Waals surface area contributed by atoms with Crippen molar-refractivity contribution in [3.05, 3.63) is 47.7 Å². The number of hydrogen-bond donors (Lipinski definition) is 0. The maximum atomic E-state index is 11.4. The van der Waals surface area contributed by atoms with E-state index in [1.54, 1.807) is 12.3 Å². The Hall–Kier alpha value is -2.03. The lowest BCUT2D eigenvalue weighted by atomic mass is 10.0. The molecule has 0 aliphatic carbocycles. The first-order chi connectivity index (χ1) is 7.72. The second-order valence-corrected chi connectivity index (χ2v) is 3.50. The van der Waals surface area contributed by atoms with Crippen LogP contribution in [-0.2, 0) is 4.74 Å². The number of carbonyl (C=O) groups is 1. The molecule has 3 nitrogen and oxygen atoms in total. The topological polar surface area (TPSA) is 39.4 Å². The molecule has 1 aromatic carbocycles. The van der Waals surface area contributed by atoms with Crippen molar-refractivity contribution < 1.29 is 13.9 Å². The Morgan fingerprint density at radius 1 is 1.31 bits per heavy atom. The third-order valence-electron chi connectivity index (χ3n) is 2.44. The van der Waals surface area contributed by atoms with Crippen molar-refractivity contribution in [1.29, 1.82) is 0 Å². The van der Waals surface area contributed by atoms with Crippen LogP contribution in [0.1, 0.15) is 15.9 Å². The van der Waals surface area contributed by atoms with E-state index in [9.17, 15) is 4.79 Å². The highest BCUT2D eigenvalue weighted by Crippen LogP contribution is 2.22. The minimum atomic E-state index is -0.316. The van der Waals surface area contributed by atoms with Gasteiger partial charge in [-0.15, -0.1) is 0 Å². The lowest BCUT2D eigenvalue weighted by Gasteiger charge is -2.05. The van der Waals surface area contributed by atoms with E-state index in [1.165, 1.54) is 7.11 Å². The summed E-state index contributed by atoms with van der Waals surface area (Å²) in [5.74, 6) is 0.475. The quantitative estimate of drug-likeness (QED) is 0.724. The predicted octanol–water partition coefficient (Wildman–Crippen LogP) is 3.04. The molecule has 0 bridgehead atoms. The number of esters is 1. The minimum Gasteiger partial charge on any atom is -0.465 e. The first-order valence-electron chi connectivity index (χ1n) is 4.95. The molecule has 0 atom stereocenters. The van der Waals surface area contributed by atoms with Crippen LogP contribution < -0.4 is 0 Å². The van der Waals surface area contributed by atoms with Crippen molar-refractivity contribution >= 4 is 5.97 Å². The molecule has 0 saturated carbocycles. The molecule has 16 heavy (non-hydrogen) atoms. The summed E-state index contributed by atoms with van der Waals surface area (Å²) in [7, 11) is 1.38. The van der Waals surface area contributed by atoms with Crippen molar-refractivity contribution in [2.24, 2.45) is 0 Å². The summed E-state index contributed by atoms with van der Waals surface area (Å²) < 4.78 is 9.97. The molecule has 1 heterocycles. The molecule has 0 aliphatic heterocycles. The predicted molar refractivity (Wildman–Crippen MR) is 60.2 cm³/mol. The lowest BCUT2D eigenvalue weighted by molar-refractivity contribution is 0.0600. The third kappa shape index (κ3) is 1.84. The maximum Gasteiger partial charge on any atom is 0.338 e. The molecule has 82 valence electrons. The average molecular weight is 216 g/mol. The number of rotatable bonds is 2. The summed E-state index contributed by atoms with van der Waals surface area (Å²) in [6, 6.07) is 9.22. The van der Waals surface area contributed by atoms with E-state index < -0.39 is 0 Å². The largest absolute Gasteiger partial charge is 0.465 e. The average Bonchev–Trinajstić information content (AvgIpc) is 2.81. The van der Waals surface area contributed by atoms with Crippen LogP contribution in [0.4, 0.5) is 0 Å². The zero-order valence-corrected chi connectivity index (χ0v) is 9.19. The number of carbonyl (C=O) groups excluding carboxylic acids is 1. The number of benzene rings is 1. The molecule has 2 rings (SSSR count). The lowest BCUT2D eigenvalue weighted by Crippen LogP contribution is -2.03. The van der Waals surface area contributed by atoms with E-state index in [-0.39, 0.29) is 5.97 Å². The summed E-state index contributed by atoms with van der Waals surface area (Å²) in [6.07, 6.45) is 1.62. The van der Waals surface area contributed by atoms with Gasteiger partial charge in [-0.3, -0.25) is 0 Å². The highest BCUT2D eigenvalue weighted by Gasteiger charge is 2.10. The molecule has 3 heteroatoms. The molecular weight excluding hydrogens is 204 g/mol. The Balaban J connectivity index is 2.41. The standard InChI is InChI=1S/C13H12O3/c1-9-8-10(12-4-3-7-16-12)5-6-11(9)13(14)15-2/h3-8H,1-2H3. The van der Waals surface area contributed by atoms with Gasteiger partial charge >= 0.3 is 5.97 Å². The van der Waals surface area contributed by atoms with E-state index >= 15 is 0 Å². The van der Waals surface area contributed by atoms with Crippen LogP contribution in [0.5, 0.6) is 0 Å². The summed E-state index contributed by atoms with van der Waals surface area (Å²) in [5, 5.41) is 0. The summed E-state index contributed by atoms with van der Waals surface area (Å²) >= 11 is 0. The molecule has 0 radical (unpaired) electrons. The number of furan rings is 1. The van der Waals surface area contributed by atoms with Crippen LogP contribution >= 0.6 is 0 Å². The summed E-state index contributed by atoms with van der Waals surface area (Å²) in [5.41, 5.74) is 2.41. The van der Waals surface area contributed by atoms with Gasteiger partial charge in [-0.05, 0) is 36.8 Å². The fourth-order valence-corrected chi connectivity index (χ4v) is 1.60. The van der Waals surface area contributed by atoms with Gasteiger partial charge in [-0.1, -0.05) is 6.07 Å². The molecule has 0 amide bonds. The molecular formula is C13H12O3. The van der Waals surface area contributed by atoms with Crippen LogP contribution in [0.3, 0.4) is 0 Å². The van der Waals surface area contributed by atoms with Gasteiger partial charge in [0.1, 0.15) is 5.76 Å². The molecule has 1 aromatic heterocycles. The van der Waals surface area contributed by atoms with Crippen molar-refractivity contribution in [2.75, 3.05) is 7.11 Å². The number of aryl methyl sites for hydroxylation is 1. The summed E-state index contributed by atoms with van der Waals surface area (Å²) in [4.78, 5) is 11.4. The zero-order valence-electron chi connectivity index (χ0n) is 9.19. The van der Waals surface area contributed by atoms with Crippen LogP contribution in [-0.4, -0.2) is 13.1 Å². The second-order valence-electron chi connectivity index (χ2n) is 3.50. The van der Waals surface area contributed by atoms with Crippen LogP contribution in [0.25, 0.3) is 11.3 Å². The maximum absolute atomic E-state index is 11.4. The van der Waals surface area contributed by atoms with Crippen molar-refractivity contribution in [1.82, 2.24) is 0 Å². The van der Waals surface area contributed by atoms with Crippen molar-refractivity contribution in [3.63, 3.8) is 0 Å². The highest BCUT2D eigenvalue weighted by atomic mass is 16.5. The molecule has 0 saturated heterocycles. The Morgan fingerprint density at radius 3 is 2.69 bits per heavy atom. The first-order valence-corrected chi connectivity index (χ1v) is 4.95. The van der Waals surface area contributed by atoms with Crippen molar-refractivity contribution in [2.45, 2.75) is 6.92 Å². The molecule has 0 aliphatic rings. The van der Waals surface area contributed by atoms with E-state index in [0.29, 0.717) is 5.56 Å². The van der Waals surface area contributed by atoms with Crippen LogP contribution in [0, 0.1) is 6.92 Å². The SMILES string of the molecule is COC(=O)c1ccc(-c2ccco2)cc1C. The molecule has 0 spiro atoms. The number of ether oxygens (including phenoxy) is 1. The van der Waals surface area contributed by atoms with Gasteiger partial charge in [0.25, 0.3) is 0 Å². The van der Waals surface area contributed by atoms with Gasteiger partial charge in [0.15, 0.2) is 0 Å². The Labute approximate surface area is 93.7 Å². The van der Waals surface area contributed by atoms with Crippen LogP contribution in [0.15, 0.2) is 41.0 Å². The molecule has 2 aromatic rings. The van der Waals surface area contributed by atoms with Gasteiger partial charge in [0, 0.05) is 5.56 Å². The van der Waals surface area contributed by atoms with Gasteiger partial charge in [0.2, 0.25) is 0 Å². The van der Waals surface area contributed by atoms with Gasteiger partial charge in [0.05, 0.1) is 18.9 Å². The molecule has 0 fully saturated rings. The van der Waals surface area contributed by atoms with E-state index in [2.05, 4.69) is 4.74 Å². The Kier molecular flexibility index (Phi) is 2.77. The summed E-state index contributed by atoms with van der Waals surface area (Å²) in [6.45, 7) is 1.87. The third-order valence-corrected chi connectivity index (χ3v) is 2.44. The number of methoxy groups -OCH3 is 1. The monoisotopic (exact) mass is 216 g/mol. The first kappa shape index (κ1) is 10.5. The second kappa shape index (κ2) is 4.23. The van der Waals surface area contributed by atoms with Gasteiger partial charge in [-0.2, -0.15) is 0 Å². The molecule has 0 N–H and O–H groups in total. The van der Waals surface area contributed by atoms with E-state index in [0.717, 1.165) is 16.9 Å². The van der Waals surface area contributed by atoms with Crippen LogP contribution in [0.2, 0.25) is 0 Å². The highest BCUT2D eigenvalue weighted by molar-refractivity contribution is 5.91. The van der Waals surface area contributed by atoms with Gasteiger partial charge in [-0.25, -0.2) is 4.79 Å². The fraction of sp³-hybridized carbons (Fsp3) is 0.154. The Morgan fingerprint density at radius 2 is 2.12 bits per heavy atom.